The third-order valence-electron chi connectivity index (χ3n) is 3.32. The van der Waals surface area contributed by atoms with Crippen molar-refractivity contribution in [3.63, 3.8) is 0 Å². The first-order valence-corrected chi connectivity index (χ1v) is 6.61. The first kappa shape index (κ1) is 15.8. The van der Waals surface area contributed by atoms with Crippen molar-refractivity contribution in [1.29, 1.82) is 0 Å². The molecule has 0 radical (unpaired) electrons. The molecule has 0 aliphatic heterocycles. The number of carboxylic acids is 1. The number of hydrogen-bond donors (Lipinski definition) is 2. The van der Waals surface area contributed by atoms with Crippen LogP contribution in [0.15, 0.2) is 42.7 Å². The fourth-order valence-electron chi connectivity index (χ4n) is 2.23. The zero-order valence-corrected chi connectivity index (χ0v) is 11.8. The summed E-state index contributed by atoms with van der Waals surface area (Å²) in [6, 6.07) is 5.18. The van der Waals surface area contributed by atoms with Crippen LogP contribution in [0.1, 0.15) is 16.1 Å². The van der Waals surface area contributed by atoms with Gasteiger partial charge in [-0.3, -0.25) is 0 Å². The van der Waals surface area contributed by atoms with Crippen LogP contribution in [0.4, 0.5) is 17.6 Å². The van der Waals surface area contributed by atoms with E-state index in [-0.39, 0.29) is 17.1 Å². The number of aromatic carboxylic acids is 1. The van der Waals surface area contributed by atoms with Gasteiger partial charge in [0.25, 0.3) is 0 Å². The molecule has 1 aromatic carbocycles. The highest BCUT2D eigenvalue weighted by Crippen LogP contribution is 2.33. The van der Waals surface area contributed by atoms with Crippen molar-refractivity contribution < 1.29 is 27.5 Å². The van der Waals surface area contributed by atoms with Gasteiger partial charge in [0.05, 0.1) is 16.9 Å². The van der Waals surface area contributed by atoms with Gasteiger partial charge in [0, 0.05) is 18.0 Å². The van der Waals surface area contributed by atoms with E-state index in [9.17, 15) is 22.4 Å². The summed E-state index contributed by atoms with van der Waals surface area (Å²) in [6.07, 6.45) is -1.77. The van der Waals surface area contributed by atoms with Gasteiger partial charge in [-0.15, -0.1) is 0 Å². The predicted molar refractivity (Wildman–Crippen MR) is 75.3 cm³/mol. The molecule has 0 fully saturated rings. The Morgan fingerprint density at radius 2 is 1.96 bits per heavy atom. The van der Waals surface area contributed by atoms with Crippen molar-refractivity contribution in [2.45, 2.75) is 6.18 Å². The molecule has 0 atom stereocenters. The number of nitrogens with zero attached hydrogens (tertiary/aromatic N) is 2. The Labute approximate surface area is 132 Å². The second-order valence-electron chi connectivity index (χ2n) is 4.89. The molecule has 0 bridgehead atoms. The first-order chi connectivity index (χ1) is 11.3. The molecule has 0 saturated carbocycles. The standard InChI is InChI=1S/C15H9F4N3O2/c16-11-2-1-9(5-10(11)15(17,18)19)22-13(8-3-4-20-7-8)6-12(21-22)14(23)24/h1-7,20H,(H,23,24). The fourth-order valence-corrected chi connectivity index (χ4v) is 2.23. The first-order valence-electron chi connectivity index (χ1n) is 6.61. The van der Waals surface area contributed by atoms with Gasteiger partial charge in [0.2, 0.25) is 0 Å². The number of hydrogen-bond acceptors (Lipinski definition) is 2. The topological polar surface area (TPSA) is 70.9 Å². The molecule has 2 aromatic heterocycles. The predicted octanol–water partition coefficient (Wildman–Crippen LogP) is 3.72. The molecule has 3 aromatic rings. The summed E-state index contributed by atoms with van der Waals surface area (Å²) in [5.41, 5.74) is -1.12. The number of aromatic nitrogens is 3. The Hall–Kier alpha value is -3.10. The molecule has 124 valence electrons. The maximum atomic E-state index is 13.4. The van der Waals surface area contributed by atoms with Crippen LogP contribution in [0.2, 0.25) is 0 Å². The summed E-state index contributed by atoms with van der Waals surface area (Å²) in [5.74, 6) is -2.75. The van der Waals surface area contributed by atoms with Crippen molar-refractivity contribution in [1.82, 2.24) is 14.8 Å². The van der Waals surface area contributed by atoms with Crippen LogP contribution in [-0.4, -0.2) is 25.8 Å². The summed E-state index contributed by atoms with van der Waals surface area (Å²) in [5, 5.41) is 12.9. The molecule has 2 heterocycles. The molecular weight excluding hydrogens is 330 g/mol. The van der Waals surface area contributed by atoms with E-state index < -0.39 is 23.5 Å². The number of carbonyl (C=O) groups is 1. The third kappa shape index (κ3) is 2.75. The van der Waals surface area contributed by atoms with E-state index in [4.69, 9.17) is 5.11 Å². The Kier molecular flexibility index (Phi) is 3.63. The molecule has 0 amide bonds. The molecule has 24 heavy (non-hydrogen) atoms. The highest BCUT2D eigenvalue weighted by molar-refractivity contribution is 5.87. The lowest BCUT2D eigenvalue weighted by Crippen LogP contribution is -2.10. The van der Waals surface area contributed by atoms with Crippen LogP contribution < -0.4 is 0 Å². The van der Waals surface area contributed by atoms with E-state index in [0.717, 1.165) is 10.7 Å². The number of carboxylic acid groups (broad SMARTS) is 1. The third-order valence-corrected chi connectivity index (χ3v) is 3.32. The summed E-state index contributed by atoms with van der Waals surface area (Å²) >= 11 is 0. The molecule has 3 rings (SSSR count). The molecule has 2 N–H and O–H groups in total. The molecule has 0 aliphatic rings. The number of aromatic amines is 1. The fraction of sp³-hybridized carbons (Fsp3) is 0.0667. The van der Waals surface area contributed by atoms with Gasteiger partial charge in [-0.2, -0.15) is 18.3 Å². The lowest BCUT2D eigenvalue weighted by molar-refractivity contribution is -0.140. The average Bonchev–Trinajstić information content (AvgIpc) is 3.15. The second kappa shape index (κ2) is 5.52. The number of halogens is 4. The van der Waals surface area contributed by atoms with Crippen LogP contribution in [-0.2, 0) is 6.18 Å². The van der Waals surface area contributed by atoms with Gasteiger partial charge in [-0.05, 0) is 30.3 Å². The molecule has 9 heteroatoms. The maximum absolute atomic E-state index is 13.4. The lowest BCUT2D eigenvalue weighted by atomic mass is 10.1. The number of alkyl halides is 3. The average molecular weight is 339 g/mol. The van der Waals surface area contributed by atoms with Gasteiger partial charge in [0.15, 0.2) is 5.69 Å². The van der Waals surface area contributed by atoms with E-state index in [1.54, 1.807) is 12.3 Å². The Morgan fingerprint density at radius 3 is 2.54 bits per heavy atom. The Bertz CT molecular complexity index is 898. The summed E-state index contributed by atoms with van der Waals surface area (Å²) < 4.78 is 53.1. The summed E-state index contributed by atoms with van der Waals surface area (Å²) in [7, 11) is 0. The quantitative estimate of drug-likeness (QED) is 0.715. The van der Waals surface area contributed by atoms with Crippen molar-refractivity contribution in [3.05, 3.63) is 59.8 Å². The minimum atomic E-state index is -4.88. The van der Waals surface area contributed by atoms with Crippen LogP contribution in [0.5, 0.6) is 0 Å². The Morgan fingerprint density at radius 1 is 1.21 bits per heavy atom. The number of rotatable bonds is 3. The monoisotopic (exact) mass is 339 g/mol. The molecular formula is C15H9F4N3O2. The number of nitrogens with one attached hydrogen (secondary N) is 1. The molecule has 0 saturated heterocycles. The highest BCUT2D eigenvalue weighted by atomic mass is 19.4. The minimum Gasteiger partial charge on any atom is -0.476 e. The van der Waals surface area contributed by atoms with Gasteiger partial charge in [-0.1, -0.05) is 0 Å². The van der Waals surface area contributed by atoms with Crippen molar-refractivity contribution in [3.8, 4) is 16.9 Å². The van der Waals surface area contributed by atoms with Gasteiger partial charge < -0.3 is 10.1 Å². The van der Waals surface area contributed by atoms with Crippen LogP contribution in [0.3, 0.4) is 0 Å². The van der Waals surface area contributed by atoms with Crippen molar-refractivity contribution in [2.24, 2.45) is 0 Å². The summed E-state index contributed by atoms with van der Waals surface area (Å²) in [4.78, 5) is 13.9. The molecule has 5 nitrogen and oxygen atoms in total. The van der Waals surface area contributed by atoms with E-state index in [2.05, 4.69) is 10.1 Å². The van der Waals surface area contributed by atoms with E-state index >= 15 is 0 Å². The van der Waals surface area contributed by atoms with E-state index in [1.807, 2.05) is 0 Å². The van der Waals surface area contributed by atoms with Crippen LogP contribution in [0.25, 0.3) is 16.9 Å². The normalized spacial score (nSPS) is 11.7. The minimum absolute atomic E-state index is 0.104. The molecule has 0 spiro atoms. The van der Waals surface area contributed by atoms with Gasteiger partial charge in [0.1, 0.15) is 5.82 Å². The second-order valence-corrected chi connectivity index (χ2v) is 4.89. The van der Waals surface area contributed by atoms with E-state index in [0.29, 0.717) is 17.7 Å². The van der Waals surface area contributed by atoms with Crippen molar-refractivity contribution in [2.75, 3.05) is 0 Å². The zero-order valence-electron chi connectivity index (χ0n) is 11.8. The van der Waals surface area contributed by atoms with Crippen molar-refractivity contribution >= 4 is 5.97 Å². The van der Waals surface area contributed by atoms with Gasteiger partial charge >= 0.3 is 12.1 Å². The number of H-pyrrole nitrogens is 1. The zero-order chi connectivity index (χ0) is 17.5. The highest BCUT2D eigenvalue weighted by Gasteiger charge is 2.34. The van der Waals surface area contributed by atoms with Crippen LogP contribution in [0, 0.1) is 5.82 Å². The number of benzene rings is 1. The molecule has 0 unspecified atom stereocenters. The lowest BCUT2D eigenvalue weighted by Gasteiger charge is -2.11. The Balaban J connectivity index is 2.21. The molecule has 0 aliphatic carbocycles. The SMILES string of the molecule is O=C(O)c1cc(-c2cc[nH]c2)n(-c2ccc(F)c(C(F)(F)F)c2)n1. The largest absolute Gasteiger partial charge is 0.476 e. The summed E-state index contributed by atoms with van der Waals surface area (Å²) in [6.45, 7) is 0. The van der Waals surface area contributed by atoms with E-state index in [1.165, 1.54) is 12.3 Å². The maximum Gasteiger partial charge on any atom is 0.419 e. The van der Waals surface area contributed by atoms with Crippen LogP contribution >= 0.6 is 0 Å². The van der Waals surface area contributed by atoms with Gasteiger partial charge in [-0.25, -0.2) is 13.9 Å². The smallest absolute Gasteiger partial charge is 0.419 e.